The lowest BCUT2D eigenvalue weighted by Crippen LogP contribution is -2.51. The van der Waals surface area contributed by atoms with Crippen molar-refractivity contribution in [2.24, 2.45) is 0 Å². The van der Waals surface area contributed by atoms with Gasteiger partial charge in [0.15, 0.2) is 4.87 Å². The maximum Gasteiger partial charge on any atom is 0.268 e. The zero-order valence-corrected chi connectivity index (χ0v) is 18.0. The summed E-state index contributed by atoms with van der Waals surface area (Å²) in [6.45, 7) is 0.803. The monoisotopic (exact) mass is 428 g/mol. The standard InChI is InChI=1S/C22H24N2O5S/c1-27-14-20(25)24-9-10-30-22(24)18-12-17(29-3)7-8-19(18)23(21(22)26)13-15-5-4-6-16(11-15)28-2/h4-8,11-12H,9-10,13-14H2,1-3H3. The van der Waals surface area contributed by atoms with E-state index in [1.165, 1.54) is 18.9 Å². The number of hydrogen-bond donors (Lipinski definition) is 0. The molecular formula is C22H24N2O5S. The van der Waals surface area contributed by atoms with Crippen LogP contribution in [0.25, 0.3) is 0 Å². The zero-order chi connectivity index (χ0) is 21.3. The molecule has 1 fully saturated rings. The molecule has 4 rings (SSSR count). The molecule has 1 spiro atoms. The molecule has 2 aromatic carbocycles. The molecular weight excluding hydrogens is 404 g/mol. The number of thioether (sulfide) groups is 1. The molecule has 1 atom stereocenters. The van der Waals surface area contributed by atoms with Gasteiger partial charge in [-0.2, -0.15) is 0 Å². The van der Waals surface area contributed by atoms with Gasteiger partial charge in [0.25, 0.3) is 5.91 Å². The Morgan fingerprint density at radius 2 is 1.87 bits per heavy atom. The molecule has 158 valence electrons. The van der Waals surface area contributed by atoms with E-state index in [0.29, 0.717) is 24.6 Å². The van der Waals surface area contributed by atoms with Gasteiger partial charge in [-0.1, -0.05) is 12.1 Å². The number of ether oxygens (including phenoxy) is 3. The van der Waals surface area contributed by atoms with Crippen molar-refractivity contribution < 1.29 is 23.8 Å². The van der Waals surface area contributed by atoms with E-state index in [9.17, 15) is 9.59 Å². The van der Waals surface area contributed by atoms with Crippen LogP contribution in [0.3, 0.4) is 0 Å². The molecule has 30 heavy (non-hydrogen) atoms. The average Bonchev–Trinajstić information content (AvgIpc) is 3.31. The number of fused-ring (bicyclic) bond motifs is 2. The number of benzene rings is 2. The van der Waals surface area contributed by atoms with Crippen molar-refractivity contribution in [2.75, 3.05) is 45.1 Å². The third-order valence-corrected chi connectivity index (χ3v) is 6.86. The molecule has 1 saturated heterocycles. The van der Waals surface area contributed by atoms with Gasteiger partial charge < -0.3 is 24.0 Å². The summed E-state index contributed by atoms with van der Waals surface area (Å²) in [6.07, 6.45) is 0. The molecule has 0 saturated carbocycles. The van der Waals surface area contributed by atoms with Crippen molar-refractivity contribution in [1.29, 1.82) is 0 Å². The van der Waals surface area contributed by atoms with Crippen molar-refractivity contribution in [2.45, 2.75) is 11.4 Å². The van der Waals surface area contributed by atoms with E-state index < -0.39 is 4.87 Å². The first-order valence-electron chi connectivity index (χ1n) is 9.62. The van der Waals surface area contributed by atoms with Crippen LogP contribution in [-0.4, -0.2) is 56.9 Å². The third kappa shape index (κ3) is 3.20. The van der Waals surface area contributed by atoms with Crippen LogP contribution >= 0.6 is 11.8 Å². The maximum absolute atomic E-state index is 13.9. The summed E-state index contributed by atoms with van der Waals surface area (Å²) in [5, 5.41) is 0. The number of carbonyl (C=O) groups excluding carboxylic acids is 2. The maximum atomic E-state index is 13.9. The summed E-state index contributed by atoms with van der Waals surface area (Å²) in [5.74, 6) is 1.73. The van der Waals surface area contributed by atoms with Gasteiger partial charge in [0.05, 0.1) is 26.5 Å². The molecule has 0 bridgehead atoms. The lowest BCUT2D eigenvalue weighted by atomic mass is 10.1. The van der Waals surface area contributed by atoms with Crippen molar-refractivity contribution in [1.82, 2.24) is 4.90 Å². The largest absolute Gasteiger partial charge is 0.497 e. The van der Waals surface area contributed by atoms with Crippen LogP contribution in [0, 0.1) is 0 Å². The molecule has 1 unspecified atom stereocenters. The molecule has 2 aliphatic rings. The highest BCUT2D eigenvalue weighted by molar-refractivity contribution is 8.01. The lowest BCUT2D eigenvalue weighted by Gasteiger charge is -2.33. The Morgan fingerprint density at radius 1 is 1.10 bits per heavy atom. The van der Waals surface area contributed by atoms with Crippen LogP contribution in [0.15, 0.2) is 42.5 Å². The van der Waals surface area contributed by atoms with Crippen LogP contribution in [0.2, 0.25) is 0 Å². The van der Waals surface area contributed by atoms with Gasteiger partial charge in [-0.3, -0.25) is 9.59 Å². The highest BCUT2D eigenvalue weighted by Gasteiger charge is 2.59. The van der Waals surface area contributed by atoms with Gasteiger partial charge in [0.2, 0.25) is 5.91 Å². The normalized spacial score (nSPS) is 20.0. The first-order chi connectivity index (χ1) is 14.5. The summed E-state index contributed by atoms with van der Waals surface area (Å²) in [7, 11) is 4.69. The molecule has 8 heteroatoms. The summed E-state index contributed by atoms with van der Waals surface area (Å²) in [4.78, 5) is 29.0. The molecule has 0 radical (unpaired) electrons. The number of methoxy groups -OCH3 is 3. The first kappa shape index (κ1) is 20.6. The Hall–Kier alpha value is -2.71. The number of amides is 2. The molecule has 2 aromatic rings. The number of rotatable bonds is 6. The van der Waals surface area contributed by atoms with Gasteiger partial charge in [-0.25, -0.2) is 0 Å². The summed E-state index contributed by atoms with van der Waals surface area (Å²) in [6, 6.07) is 13.2. The number of hydrogen-bond acceptors (Lipinski definition) is 6. The van der Waals surface area contributed by atoms with Crippen LogP contribution in [0.4, 0.5) is 5.69 Å². The fourth-order valence-corrected chi connectivity index (χ4v) is 5.56. The van der Waals surface area contributed by atoms with E-state index in [1.54, 1.807) is 24.0 Å². The van der Waals surface area contributed by atoms with Gasteiger partial charge in [-0.15, -0.1) is 11.8 Å². The van der Waals surface area contributed by atoms with E-state index in [4.69, 9.17) is 14.2 Å². The fraction of sp³-hybridized carbons (Fsp3) is 0.364. The zero-order valence-electron chi connectivity index (χ0n) is 17.2. The number of anilines is 1. The van der Waals surface area contributed by atoms with Crippen LogP contribution in [0.5, 0.6) is 11.5 Å². The molecule has 2 heterocycles. The Labute approximate surface area is 179 Å². The molecule has 0 aliphatic carbocycles. The van der Waals surface area contributed by atoms with Crippen LogP contribution < -0.4 is 14.4 Å². The smallest absolute Gasteiger partial charge is 0.268 e. The van der Waals surface area contributed by atoms with Crippen molar-refractivity contribution >= 4 is 29.3 Å². The van der Waals surface area contributed by atoms with Crippen molar-refractivity contribution in [3.8, 4) is 11.5 Å². The minimum atomic E-state index is -1.10. The Kier molecular flexibility index (Phi) is 5.62. The second kappa shape index (κ2) is 8.20. The topological polar surface area (TPSA) is 68.3 Å². The van der Waals surface area contributed by atoms with Gasteiger partial charge in [0.1, 0.15) is 18.1 Å². The predicted octanol–water partition coefficient (Wildman–Crippen LogP) is 2.63. The van der Waals surface area contributed by atoms with E-state index in [0.717, 1.165) is 22.6 Å². The van der Waals surface area contributed by atoms with Gasteiger partial charge >= 0.3 is 0 Å². The highest BCUT2D eigenvalue weighted by Crippen LogP contribution is 2.55. The van der Waals surface area contributed by atoms with Crippen molar-refractivity contribution in [3.05, 3.63) is 53.6 Å². The van der Waals surface area contributed by atoms with Crippen LogP contribution in [0.1, 0.15) is 11.1 Å². The lowest BCUT2D eigenvalue weighted by molar-refractivity contribution is -0.143. The predicted molar refractivity (Wildman–Crippen MR) is 115 cm³/mol. The quantitative estimate of drug-likeness (QED) is 0.705. The molecule has 0 N–H and O–H groups in total. The minimum Gasteiger partial charge on any atom is -0.497 e. The molecule has 2 aliphatic heterocycles. The first-order valence-corrected chi connectivity index (χ1v) is 10.6. The van der Waals surface area contributed by atoms with Crippen LogP contribution in [-0.2, 0) is 25.7 Å². The highest BCUT2D eigenvalue weighted by atomic mass is 32.2. The number of nitrogens with zero attached hydrogens (tertiary/aromatic N) is 2. The summed E-state index contributed by atoms with van der Waals surface area (Å²) in [5.41, 5.74) is 2.51. The van der Waals surface area contributed by atoms with Crippen molar-refractivity contribution in [3.63, 3.8) is 0 Å². The molecule has 2 amide bonds. The second-order valence-electron chi connectivity index (χ2n) is 7.10. The summed E-state index contributed by atoms with van der Waals surface area (Å²) < 4.78 is 15.8. The number of carbonyl (C=O) groups is 2. The van der Waals surface area contributed by atoms with E-state index >= 15 is 0 Å². The van der Waals surface area contributed by atoms with Gasteiger partial charge in [-0.05, 0) is 35.9 Å². The van der Waals surface area contributed by atoms with E-state index in [1.807, 2.05) is 42.5 Å². The SMILES string of the molecule is COCC(=O)N1CCSC12C(=O)N(Cc1cccc(OC)c1)c1ccc(OC)cc12. The summed E-state index contributed by atoms with van der Waals surface area (Å²) >= 11 is 1.48. The Balaban J connectivity index is 1.79. The fourth-order valence-electron chi connectivity index (χ4n) is 4.09. The average molecular weight is 429 g/mol. The minimum absolute atomic E-state index is 0.0647. The third-order valence-electron chi connectivity index (χ3n) is 5.44. The molecule has 7 nitrogen and oxygen atoms in total. The Bertz CT molecular complexity index is 982. The van der Waals surface area contributed by atoms with E-state index in [-0.39, 0.29) is 18.4 Å². The van der Waals surface area contributed by atoms with Gasteiger partial charge in [0, 0.05) is 25.0 Å². The molecule has 0 aromatic heterocycles. The second-order valence-corrected chi connectivity index (χ2v) is 8.38. The van der Waals surface area contributed by atoms with E-state index in [2.05, 4.69) is 0 Å². The Morgan fingerprint density at radius 3 is 2.60 bits per heavy atom.